The summed E-state index contributed by atoms with van der Waals surface area (Å²) in [5.41, 5.74) is 0. The standard InChI is InChI=1S/C47H85O12P/c1-3-5-7-9-11-13-15-17-18-19-20-21-22-23-25-27-29-31-33-35-37-56-38-40(39-57-60(54,55)59-47-45(52)43(50)42(49)44(51)46(47)53)58-41(48)36-34-32-30-28-26-24-16-14-12-10-8-6-4-2/h6,8,12,14,17-18,24,26,40,42-47,49-53H,3-5,7,9-11,13,15-16,19-23,25,27-39H2,1-2H3,(H,54,55)/b8-6-,14-12-,18-17-,26-24-. The largest absolute Gasteiger partial charge is 0.472 e. The Morgan fingerprint density at radius 2 is 0.983 bits per heavy atom. The number of phosphoric acid groups is 1. The number of ether oxygens (including phenoxy) is 2. The molecule has 6 unspecified atom stereocenters. The summed E-state index contributed by atoms with van der Waals surface area (Å²) in [6.07, 6.45) is 33.3. The first-order chi connectivity index (χ1) is 29.0. The van der Waals surface area contributed by atoms with Crippen molar-refractivity contribution < 1.29 is 58.3 Å². The Morgan fingerprint density at radius 1 is 0.550 bits per heavy atom. The molecule has 350 valence electrons. The van der Waals surface area contributed by atoms with Crippen LogP contribution in [0.5, 0.6) is 0 Å². The smallest absolute Gasteiger partial charge is 0.457 e. The first-order valence-corrected chi connectivity index (χ1v) is 25.0. The van der Waals surface area contributed by atoms with Crippen LogP contribution in [0.1, 0.15) is 181 Å². The number of rotatable bonds is 39. The molecular weight excluding hydrogens is 787 g/mol. The van der Waals surface area contributed by atoms with Gasteiger partial charge in [-0.1, -0.05) is 152 Å². The third-order valence-corrected chi connectivity index (χ3v) is 11.7. The zero-order valence-corrected chi connectivity index (χ0v) is 38.1. The number of carbonyl (C=O) groups excluding carboxylic acids is 1. The summed E-state index contributed by atoms with van der Waals surface area (Å²) in [5.74, 6) is -0.507. The predicted molar refractivity (Wildman–Crippen MR) is 239 cm³/mol. The summed E-state index contributed by atoms with van der Waals surface area (Å²) in [5, 5.41) is 50.2. The lowest BCUT2D eigenvalue weighted by molar-refractivity contribution is -0.220. The average molecular weight is 873 g/mol. The van der Waals surface area contributed by atoms with E-state index in [9.17, 15) is 39.8 Å². The second-order valence-electron chi connectivity index (χ2n) is 16.2. The molecule has 0 heterocycles. The van der Waals surface area contributed by atoms with E-state index in [-0.39, 0.29) is 13.0 Å². The first-order valence-electron chi connectivity index (χ1n) is 23.5. The molecule has 12 nitrogen and oxygen atoms in total. The van der Waals surface area contributed by atoms with Crippen molar-refractivity contribution in [3.8, 4) is 0 Å². The van der Waals surface area contributed by atoms with Gasteiger partial charge in [0.15, 0.2) is 0 Å². The first kappa shape index (κ1) is 56.3. The Labute approximate surface area is 363 Å². The summed E-state index contributed by atoms with van der Waals surface area (Å²) in [7, 11) is -5.03. The fraction of sp³-hybridized carbons (Fsp3) is 0.809. The molecular formula is C47H85O12P. The molecule has 0 saturated heterocycles. The molecule has 1 aliphatic carbocycles. The Balaban J connectivity index is 2.37. The molecule has 13 heteroatoms. The predicted octanol–water partition coefficient (Wildman–Crippen LogP) is 9.64. The third kappa shape index (κ3) is 29.6. The lowest BCUT2D eigenvalue weighted by Crippen LogP contribution is -2.64. The monoisotopic (exact) mass is 873 g/mol. The molecule has 0 spiro atoms. The van der Waals surface area contributed by atoms with E-state index in [1.165, 1.54) is 96.3 Å². The minimum atomic E-state index is -5.03. The quantitative estimate of drug-likeness (QED) is 0.0149. The van der Waals surface area contributed by atoms with Gasteiger partial charge in [0.2, 0.25) is 0 Å². The van der Waals surface area contributed by atoms with Gasteiger partial charge >= 0.3 is 13.8 Å². The summed E-state index contributed by atoms with van der Waals surface area (Å²) in [4.78, 5) is 23.1. The van der Waals surface area contributed by atoms with E-state index in [1.54, 1.807) is 0 Å². The van der Waals surface area contributed by atoms with E-state index in [2.05, 4.69) is 62.5 Å². The summed E-state index contributed by atoms with van der Waals surface area (Å²) < 4.78 is 34.1. The van der Waals surface area contributed by atoms with Gasteiger partial charge in [-0.3, -0.25) is 13.8 Å². The fourth-order valence-corrected chi connectivity index (χ4v) is 7.92. The number of carbonyl (C=O) groups is 1. The fourth-order valence-electron chi connectivity index (χ4n) is 6.95. The van der Waals surface area contributed by atoms with Crippen LogP contribution in [0.25, 0.3) is 0 Å². The molecule has 0 aliphatic heterocycles. The van der Waals surface area contributed by atoms with Crippen LogP contribution < -0.4 is 0 Å². The van der Waals surface area contributed by atoms with Crippen LogP contribution in [0, 0.1) is 0 Å². The average Bonchev–Trinajstić information content (AvgIpc) is 3.23. The topological polar surface area (TPSA) is 192 Å². The summed E-state index contributed by atoms with van der Waals surface area (Å²) in [6.45, 7) is 4.10. The van der Waals surface area contributed by atoms with Crippen molar-refractivity contribution in [3.05, 3.63) is 48.6 Å². The molecule has 0 aromatic rings. The Morgan fingerprint density at radius 3 is 1.52 bits per heavy atom. The van der Waals surface area contributed by atoms with Gasteiger partial charge in [-0.15, -0.1) is 0 Å². The zero-order chi connectivity index (χ0) is 44.1. The van der Waals surface area contributed by atoms with Gasteiger partial charge < -0.3 is 39.9 Å². The van der Waals surface area contributed by atoms with Crippen LogP contribution in [-0.4, -0.2) is 98.9 Å². The van der Waals surface area contributed by atoms with Crippen LogP contribution in [0.15, 0.2) is 48.6 Å². The van der Waals surface area contributed by atoms with Crippen LogP contribution in [0.4, 0.5) is 0 Å². The highest BCUT2D eigenvalue weighted by Gasteiger charge is 2.51. The maximum Gasteiger partial charge on any atom is 0.472 e. The maximum atomic E-state index is 12.8. The molecule has 60 heavy (non-hydrogen) atoms. The number of esters is 1. The molecule has 0 radical (unpaired) electrons. The number of aliphatic hydroxyl groups is 5. The molecule has 0 aromatic heterocycles. The molecule has 1 rings (SSSR count). The number of phosphoric ester groups is 1. The number of hydrogen-bond donors (Lipinski definition) is 6. The SMILES string of the molecule is CC/C=C\C/C=C\C/C=C\CCCCCC(=O)OC(COCCCCCCCCCCCC/C=C\CCCCCCCC)COP(=O)(O)OC1C(O)C(O)C(O)C(O)C1O. The van der Waals surface area contributed by atoms with Gasteiger partial charge in [0.05, 0.1) is 13.2 Å². The van der Waals surface area contributed by atoms with Crippen LogP contribution in [0.3, 0.4) is 0 Å². The number of hydrogen-bond acceptors (Lipinski definition) is 11. The van der Waals surface area contributed by atoms with Crippen molar-refractivity contribution in [2.75, 3.05) is 19.8 Å². The number of allylic oxidation sites excluding steroid dienone is 8. The third-order valence-electron chi connectivity index (χ3n) is 10.7. The van der Waals surface area contributed by atoms with Gasteiger partial charge in [0.25, 0.3) is 0 Å². The minimum Gasteiger partial charge on any atom is -0.457 e. The highest BCUT2D eigenvalue weighted by Crippen LogP contribution is 2.47. The molecule has 1 aliphatic rings. The maximum absolute atomic E-state index is 12.8. The van der Waals surface area contributed by atoms with Crippen molar-refractivity contribution in [1.29, 1.82) is 0 Å². The van der Waals surface area contributed by atoms with E-state index in [1.807, 2.05) is 0 Å². The molecule has 1 saturated carbocycles. The highest BCUT2D eigenvalue weighted by molar-refractivity contribution is 7.47. The normalized spacial score (nSPS) is 22.7. The molecule has 0 aromatic carbocycles. The molecule has 6 atom stereocenters. The Hall–Kier alpha value is -1.70. The van der Waals surface area contributed by atoms with Gasteiger partial charge in [-0.25, -0.2) is 4.57 Å². The van der Waals surface area contributed by atoms with E-state index in [0.717, 1.165) is 57.8 Å². The number of unbranched alkanes of at least 4 members (excludes halogenated alkanes) is 19. The van der Waals surface area contributed by atoms with Crippen molar-refractivity contribution in [1.82, 2.24) is 0 Å². The van der Waals surface area contributed by atoms with Gasteiger partial charge in [0.1, 0.15) is 42.7 Å². The minimum absolute atomic E-state index is 0.0902. The summed E-state index contributed by atoms with van der Waals surface area (Å²) in [6, 6.07) is 0. The molecule has 1 fully saturated rings. The van der Waals surface area contributed by atoms with Crippen molar-refractivity contribution in [2.45, 2.75) is 224 Å². The molecule has 6 N–H and O–H groups in total. The van der Waals surface area contributed by atoms with E-state index >= 15 is 0 Å². The van der Waals surface area contributed by atoms with Gasteiger partial charge in [0, 0.05) is 13.0 Å². The summed E-state index contributed by atoms with van der Waals surface area (Å²) >= 11 is 0. The van der Waals surface area contributed by atoms with Crippen molar-refractivity contribution in [3.63, 3.8) is 0 Å². The van der Waals surface area contributed by atoms with E-state index in [4.69, 9.17) is 18.5 Å². The Bertz CT molecular complexity index is 1180. The number of aliphatic hydroxyl groups excluding tert-OH is 5. The van der Waals surface area contributed by atoms with Crippen molar-refractivity contribution >= 4 is 13.8 Å². The van der Waals surface area contributed by atoms with Gasteiger partial charge in [-0.2, -0.15) is 0 Å². The molecule has 0 amide bonds. The van der Waals surface area contributed by atoms with Crippen LogP contribution in [0.2, 0.25) is 0 Å². The lowest BCUT2D eigenvalue weighted by Gasteiger charge is -2.41. The Kier molecular flexibility index (Phi) is 35.5. The van der Waals surface area contributed by atoms with Gasteiger partial charge in [-0.05, 0) is 70.6 Å². The van der Waals surface area contributed by atoms with Crippen molar-refractivity contribution in [2.24, 2.45) is 0 Å². The zero-order valence-electron chi connectivity index (χ0n) is 37.2. The highest BCUT2D eigenvalue weighted by atomic mass is 31.2. The second-order valence-corrected chi connectivity index (χ2v) is 17.6. The second kappa shape index (κ2) is 37.8. The van der Waals surface area contributed by atoms with Crippen LogP contribution in [-0.2, 0) is 27.9 Å². The van der Waals surface area contributed by atoms with Crippen LogP contribution >= 0.6 is 7.82 Å². The van der Waals surface area contributed by atoms with E-state index in [0.29, 0.717) is 13.0 Å². The molecule has 0 bridgehead atoms. The lowest BCUT2D eigenvalue weighted by atomic mass is 9.85. The van der Waals surface area contributed by atoms with E-state index < -0.39 is 63.1 Å².